The molecule has 130 valence electrons. The van der Waals surface area contributed by atoms with Crippen LogP contribution >= 0.6 is 0 Å². The minimum Gasteiger partial charge on any atom is -0.504 e. The Kier molecular flexibility index (Phi) is 4.07. The topological polar surface area (TPSA) is 79.5 Å². The van der Waals surface area contributed by atoms with E-state index in [0.29, 0.717) is 11.3 Å². The van der Waals surface area contributed by atoms with E-state index in [-0.39, 0.29) is 23.6 Å². The highest BCUT2D eigenvalue weighted by atomic mass is 19.4. The highest BCUT2D eigenvalue weighted by Gasteiger charge is 2.32. The number of fused-ring (bicyclic) bond motifs is 1. The first-order valence-corrected chi connectivity index (χ1v) is 7.24. The molecule has 0 spiro atoms. The van der Waals surface area contributed by atoms with Crippen LogP contribution in [0.3, 0.4) is 0 Å². The van der Waals surface area contributed by atoms with Crippen molar-refractivity contribution in [2.45, 2.75) is 19.6 Å². The molecule has 0 unspecified atom stereocenters. The fourth-order valence-electron chi connectivity index (χ4n) is 2.40. The van der Waals surface area contributed by atoms with Gasteiger partial charge < -0.3 is 10.4 Å². The lowest BCUT2D eigenvalue weighted by Crippen LogP contribution is -2.25. The summed E-state index contributed by atoms with van der Waals surface area (Å²) < 4.78 is 38.9. The average molecular weight is 350 g/mol. The van der Waals surface area contributed by atoms with Crippen molar-refractivity contribution >= 4 is 11.6 Å². The van der Waals surface area contributed by atoms with Gasteiger partial charge in [-0.25, -0.2) is 4.98 Å². The summed E-state index contributed by atoms with van der Waals surface area (Å²) in [7, 11) is 0. The number of aromatic nitrogens is 3. The van der Waals surface area contributed by atoms with Crippen molar-refractivity contribution in [2.75, 3.05) is 0 Å². The van der Waals surface area contributed by atoms with E-state index in [1.54, 1.807) is 19.2 Å². The Bertz CT molecular complexity index is 933. The molecule has 3 rings (SSSR count). The minimum absolute atomic E-state index is 0.00938. The molecule has 0 radical (unpaired) electrons. The average Bonchev–Trinajstić information content (AvgIpc) is 2.90. The summed E-state index contributed by atoms with van der Waals surface area (Å²) in [4.78, 5) is 19.9. The lowest BCUT2D eigenvalue weighted by molar-refractivity contribution is -0.141. The second kappa shape index (κ2) is 6.08. The highest BCUT2D eigenvalue weighted by molar-refractivity contribution is 5.94. The predicted octanol–water partition coefficient (Wildman–Crippen LogP) is 2.69. The first-order chi connectivity index (χ1) is 11.8. The third-order valence-electron chi connectivity index (χ3n) is 3.59. The van der Waals surface area contributed by atoms with E-state index in [4.69, 9.17) is 0 Å². The van der Waals surface area contributed by atoms with Crippen LogP contribution in [0.25, 0.3) is 5.65 Å². The van der Waals surface area contributed by atoms with Gasteiger partial charge in [0.05, 0.1) is 5.69 Å². The molecule has 0 aliphatic heterocycles. The van der Waals surface area contributed by atoms with E-state index in [2.05, 4.69) is 15.3 Å². The van der Waals surface area contributed by atoms with Gasteiger partial charge >= 0.3 is 6.18 Å². The zero-order valence-electron chi connectivity index (χ0n) is 13.0. The van der Waals surface area contributed by atoms with Crippen molar-refractivity contribution < 1.29 is 23.1 Å². The number of aryl methyl sites for hydroxylation is 1. The Hall–Kier alpha value is -3.10. The Balaban J connectivity index is 1.77. The van der Waals surface area contributed by atoms with Crippen LogP contribution in [-0.2, 0) is 12.7 Å². The van der Waals surface area contributed by atoms with Gasteiger partial charge in [0.1, 0.15) is 11.4 Å². The molecule has 6 nitrogen and oxygen atoms in total. The molecule has 2 N–H and O–H groups in total. The first kappa shape index (κ1) is 16.7. The van der Waals surface area contributed by atoms with Crippen LogP contribution in [0.2, 0.25) is 0 Å². The zero-order chi connectivity index (χ0) is 18.2. The number of nitrogens with one attached hydrogen (secondary N) is 1. The second-order valence-electron chi connectivity index (χ2n) is 5.36. The Morgan fingerprint density at radius 1 is 1.32 bits per heavy atom. The number of pyridine rings is 2. The largest absolute Gasteiger partial charge is 0.504 e. The Labute approximate surface area is 140 Å². The van der Waals surface area contributed by atoms with Crippen LogP contribution in [0.1, 0.15) is 27.4 Å². The lowest BCUT2D eigenvalue weighted by Gasteiger charge is -2.08. The molecule has 3 aromatic heterocycles. The standard InChI is InChI=1S/C16H13F3N4O2/c1-9-13(23-6-2-3-11(24)14(23)22-9)15(25)21-8-10-4-5-12(20-7-10)16(17,18)19/h2-7,24H,8H2,1H3,(H,21,25). The summed E-state index contributed by atoms with van der Waals surface area (Å²) in [5, 5.41) is 12.4. The van der Waals surface area contributed by atoms with Crippen molar-refractivity contribution in [3.8, 4) is 5.75 Å². The summed E-state index contributed by atoms with van der Waals surface area (Å²) in [6, 6.07) is 5.14. The summed E-state index contributed by atoms with van der Waals surface area (Å²) in [6.45, 7) is 1.64. The highest BCUT2D eigenvalue weighted by Crippen LogP contribution is 2.27. The number of imidazole rings is 1. The molecule has 0 bridgehead atoms. The molecule has 0 aromatic carbocycles. The number of carbonyl (C=O) groups is 1. The summed E-state index contributed by atoms with van der Waals surface area (Å²) >= 11 is 0. The maximum atomic E-state index is 12.5. The molecule has 3 aromatic rings. The zero-order valence-corrected chi connectivity index (χ0v) is 13.0. The molecule has 0 atom stereocenters. The van der Waals surface area contributed by atoms with Gasteiger partial charge in [0, 0.05) is 18.9 Å². The molecular weight excluding hydrogens is 337 g/mol. The fourth-order valence-corrected chi connectivity index (χ4v) is 2.40. The number of hydrogen-bond acceptors (Lipinski definition) is 4. The summed E-state index contributed by atoms with van der Waals surface area (Å²) in [5.41, 5.74) is 0.350. The smallest absolute Gasteiger partial charge is 0.433 e. The number of halogens is 3. The number of alkyl halides is 3. The van der Waals surface area contributed by atoms with Gasteiger partial charge in [-0.3, -0.25) is 14.2 Å². The van der Waals surface area contributed by atoms with E-state index in [1.165, 1.54) is 16.5 Å². The molecule has 9 heteroatoms. The summed E-state index contributed by atoms with van der Waals surface area (Å²) in [6.07, 6.45) is -1.85. The van der Waals surface area contributed by atoms with Crippen molar-refractivity contribution in [1.82, 2.24) is 19.7 Å². The van der Waals surface area contributed by atoms with Gasteiger partial charge in [0.15, 0.2) is 11.4 Å². The van der Waals surface area contributed by atoms with E-state index >= 15 is 0 Å². The van der Waals surface area contributed by atoms with Crippen LogP contribution in [0.5, 0.6) is 5.75 Å². The number of hydrogen-bond donors (Lipinski definition) is 2. The van der Waals surface area contributed by atoms with E-state index < -0.39 is 17.8 Å². The maximum Gasteiger partial charge on any atom is 0.433 e. The van der Waals surface area contributed by atoms with Gasteiger partial charge in [-0.2, -0.15) is 13.2 Å². The quantitative estimate of drug-likeness (QED) is 0.761. The number of nitrogens with zero attached hydrogens (tertiary/aromatic N) is 3. The van der Waals surface area contributed by atoms with Crippen LogP contribution in [0.15, 0.2) is 36.7 Å². The normalized spacial score (nSPS) is 11.7. The number of rotatable bonds is 3. The molecule has 0 fully saturated rings. The van der Waals surface area contributed by atoms with E-state index in [9.17, 15) is 23.1 Å². The molecular formula is C16H13F3N4O2. The van der Waals surface area contributed by atoms with E-state index in [0.717, 1.165) is 12.3 Å². The lowest BCUT2D eigenvalue weighted by atomic mass is 10.2. The van der Waals surface area contributed by atoms with Crippen LogP contribution < -0.4 is 5.32 Å². The SMILES string of the molecule is Cc1nc2c(O)cccn2c1C(=O)NCc1ccc(C(F)(F)F)nc1. The number of carbonyl (C=O) groups excluding carboxylic acids is 1. The van der Waals surface area contributed by atoms with Crippen molar-refractivity contribution in [3.05, 3.63) is 59.3 Å². The van der Waals surface area contributed by atoms with Gasteiger partial charge in [0.2, 0.25) is 0 Å². The van der Waals surface area contributed by atoms with Gasteiger partial charge in [-0.05, 0) is 30.7 Å². The van der Waals surface area contributed by atoms with E-state index in [1.807, 2.05) is 0 Å². The molecule has 0 saturated carbocycles. The molecule has 3 heterocycles. The minimum atomic E-state index is -4.50. The van der Waals surface area contributed by atoms with Crippen LogP contribution in [0, 0.1) is 6.92 Å². The van der Waals surface area contributed by atoms with Gasteiger partial charge in [-0.1, -0.05) is 6.07 Å². The third kappa shape index (κ3) is 3.25. The van der Waals surface area contributed by atoms with Gasteiger partial charge in [-0.15, -0.1) is 0 Å². The molecule has 25 heavy (non-hydrogen) atoms. The van der Waals surface area contributed by atoms with Crippen molar-refractivity contribution in [1.29, 1.82) is 0 Å². The fraction of sp³-hybridized carbons (Fsp3) is 0.188. The first-order valence-electron chi connectivity index (χ1n) is 7.24. The number of amides is 1. The Morgan fingerprint density at radius 2 is 2.08 bits per heavy atom. The molecule has 0 aliphatic carbocycles. The predicted molar refractivity (Wildman–Crippen MR) is 82.0 cm³/mol. The van der Waals surface area contributed by atoms with Gasteiger partial charge in [0.25, 0.3) is 5.91 Å². The summed E-state index contributed by atoms with van der Waals surface area (Å²) in [5.74, 6) is -0.521. The third-order valence-corrected chi connectivity index (χ3v) is 3.59. The monoisotopic (exact) mass is 350 g/mol. The Morgan fingerprint density at radius 3 is 2.72 bits per heavy atom. The van der Waals surface area contributed by atoms with Crippen molar-refractivity contribution in [3.63, 3.8) is 0 Å². The van der Waals surface area contributed by atoms with Crippen molar-refractivity contribution in [2.24, 2.45) is 0 Å². The number of aromatic hydroxyl groups is 1. The maximum absolute atomic E-state index is 12.5. The molecule has 0 saturated heterocycles. The molecule has 0 aliphatic rings. The van der Waals surface area contributed by atoms with Crippen LogP contribution in [0.4, 0.5) is 13.2 Å². The second-order valence-corrected chi connectivity index (χ2v) is 5.36. The van der Waals surface area contributed by atoms with Crippen LogP contribution in [-0.4, -0.2) is 25.4 Å². The molecule has 1 amide bonds.